The molecule has 0 aliphatic rings. The van der Waals surface area contributed by atoms with E-state index >= 15 is 0 Å². The minimum absolute atomic E-state index is 0.117. The Kier molecular flexibility index (Phi) is 5.26. The minimum atomic E-state index is -0.332. The maximum atomic E-state index is 12.0. The Morgan fingerprint density at radius 2 is 2.09 bits per heavy atom. The van der Waals surface area contributed by atoms with Crippen molar-refractivity contribution in [3.63, 3.8) is 0 Å². The summed E-state index contributed by atoms with van der Waals surface area (Å²) >= 11 is 0. The number of hydrogen-bond donors (Lipinski definition) is 2. The van der Waals surface area contributed by atoms with E-state index in [1.54, 1.807) is 20.3 Å². The van der Waals surface area contributed by atoms with Gasteiger partial charge in [0.2, 0.25) is 0 Å². The molecule has 7 nitrogen and oxygen atoms in total. The van der Waals surface area contributed by atoms with Crippen LogP contribution in [0.1, 0.15) is 10.4 Å². The molecule has 0 saturated carbocycles. The van der Waals surface area contributed by atoms with Crippen LogP contribution in [0.4, 0.5) is 5.82 Å². The van der Waals surface area contributed by atoms with Gasteiger partial charge in [0.05, 0.1) is 24.8 Å². The first-order valence-electron chi connectivity index (χ1n) is 6.70. The number of para-hydroxylation sites is 1. The van der Waals surface area contributed by atoms with Crippen molar-refractivity contribution in [2.24, 2.45) is 0 Å². The number of ether oxygens (including phenoxy) is 2. The van der Waals surface area contributed by atoms with E-state index < -0.39 is 0 Å². The fourth-order valence-electron chi connectivity index (χ4n) is 1.89. The lowest BCUT2D eigenvalue weighted by molar-refractivity contribution is 0.0937. The first-order valence-corrected chi connectivity index (χ1v) is 6.70. The van der Waals surface area contributed by atoms with Crippen LogP contribution >= 0.6 is 0 Å². The average molecular weight is 302 g/mol. The number of carbonyl (C=O) groups is 1. The molecule has 0 aliphatic carbocycles. The zero-order valence-corrected chi connectivity index (χ0v) is 12.5. The highest BCUT2D eigenvalue weighted by Gasteiger charge is 2.14. The monoisotopic (exact) mass is 302 g/mol. The van der Waals surface area contributed by atoms with E-state index in [1.807, 2.05) is 18.2 Å². The molecular formula is C15H18N4O3. The highest BCUT2D eigenvalue weighted by Crippen LogP contribution is 2.27. The molecule has 0 spiro atoms. The zero-order valence-electron chi connectivity index (χ0n) is 12.5. The third-order valence-corrected chi connectivity index (χ3v) is 3.00. The minimum Gasteiger partial charge on any atom is -0.496 e. The summed E-state index contributed by atoms with van der Waals surface area (Å²) in [5, 5.41) is 2.67. The molecule has 116 valence electrons. The van der Waals surface area contributed by atoms with Gasteiger partial charge in [-0.05, 0) is 12.1 Å². The van der Waals surface area contributed by atoms with E-state index in [-0.39, 0.29) is 17.3 Å². The molecule has 1 heterocycles. The maximum absolute atomic E-state index is 12.0. The summed E-state index contributed by atoms with van der Waals surface area (Å²) in [6, 6.07) is 7.33. The number of anilines is 1. The van der Waals surface area contributed by atoms with Gasteiger partial charge in [0.25, 0.3) is 5.91 Å². The molecule has 0 bridgehead atoms. The second-order valence-corrected chi connectivity index (χ2v) is 4.44. The van der Waals surface area contributed by atoms with Crippen LogP contribution in [0.2, 0.25) is 0 Å². The van der Waals surface area contributed by atoms with Crippen LogP contribution in [0.15, 0.2) is 30.5 Å². The summed E-state index contributed by atoms with van der Waals surface area (Å²) in [7, 11) is 3.13. The fourth-order valence-corrected chi connectivity index (χ4v) is 1.89. The Bertz CT molecular complexity index is 661. The van der Waals surface area contributed by atoms with Crippen LogP contribution in [0, 0.1) is 0 Å². The largest absolute Gasteiger partial charge is 0.496 e. The van der Waals surface area contributed by atoms with E-state index in [1.165, 1.54) is 6.20 Å². The summed E-state index contributed by atoms with van der Waals surface area (Å²) in [6.07, 6.45) is 1.41. The van der Waals surface area contributed by atoms with E-state index in [4.69, 9.17) is 15.2 Å². The number of hydrogen-bond acceptors (Lipinski definition) is 6. The van der Waals surface area contributed by atoms with Gasteiger partial charge in [-0.1, -0.05) is 12.1 Å². The van der Waals surface area contributed by atoms with Gasteiger partial charge < -0.3 is 20.5 Å². The van der Waals surface area contributed by atoms with Gasteiger partial charge in [-0.25, -0.2) is 9.97 Å². The van der Waals surface area contributed by atoms with Crippen LogP contribution in [0.3, 0.4) is 0 Å². The number of amides is 1. The molecule has 7 heteroatoms. The lowest BCUT2D eigenvalue weighted by Crippen LogP contribution is -2.28. The standard InChI is InChI=1S/C15H18N4O3/c1-21-8-7-17-15(20)11-9-18-14(19-13(11)16)10-5-3-4-6-12(10)22-2/h3-6,9H,7-8H2,1-2H3,(H,17,20)(H2,16,18,19). The second kappa shape index (κ2) is 7.37. The Morgan fingerprint density at radius 3 is 2.77 bits per heavy atom. The molecule has 1 amide bonds. The summed E-state index contributed by atoms with van der Waals surface area (Å²) in [5.74, 6) is 0.828. The van der Waals surface area contributed by atoms with Gasteiger partial charge in [-0.2, -0.15) is 0 Å². The molecule has 1 aromatic carbocycles. The Balaban J connectivity index is 2.24. The van der Waals surface area contributed by atoms with Crippen molar-refractivity contribution < 1.29 is 14.3 Å². The Hall–Kier alpha value is -2.67. The SMILES string of the molecule is COCCNC(=O)c1cnc(-c2ccccc2OC)nc1N. The summed E-state index contributed by atoms with van der Waals surface area (Å²) in [6.45, 7) is 0.814. The highest BCUT2D eigenvalue weighted by atomic mass is 16.5. The van der Waals surface area contributed by atoms with Crippen LogP contribution in [0.25, 0.3) is 11.4 Å². The van der Waals surface area contributed by atoms with Crippen LogP contribution in [-0.2, 0) is 4.74 Å². The third-order valence-electron chi connectivity index (χ3n) is 3.00. The zero-order chi connectivity index (χ0) is 15.9. The van der Waals surface area contributed by atoms with E-state index in [0.717, 1.165) is 0 Å². The molecule has 0 saturated heterocycles. The number of carbonyl (C=O) groups excluding carboxylic acids is 1. The van der Waals surface area contributed by atoms with Crippen molar-refractivity contribution >= 4 is 11.7 Å². The van der Waals surface area contributed by atoms with Gasteiger partial charge in [-0.15, -0.1) is 0 Å². The van der Waals surface area contributed by atoms with Crippen molar-refractivity contribution in [3.8, 4) is 17.1 Å². The first-order chi connectivity index (χ1) is 10.7. The predicted octanol–water partition coefficient (Wildman–Crippen LogP) is 1.11. The number of methoxy groups -OCH3 is 2. The van der Waals surface area contributed by atoms with E-state index in [2.05, 4.69) is 15.3 Å². The molecular weight excluding hydrogens is 284 g/mol. The number of nitrogens with one attached hydrogen (secondary N) is 1. The molecule has 22 heavy (non-hydrogen) atoms. The number of nitrogen functional groups attached to an aromatic ring is 1. The van der Waals surface area contributed by atoms with Gasteiger partial charge in [0.15, 0.2) is 5.82 Å². The molecule has 2 aromatic rings. The van der Waals surface area contributed by atoms with Crippen molar-refractivity contribution in [1.82, 2.24) is 15.3 Å². The van der Waals surface area contributed by atoms with Gasteiger partial charge in [-0.3, -0.25) is 4.79 Å². The normalized spacial score (nSPS) is 10.3. The van der Waals surface area contributed by atoms with Crippen molar-refractivity contribution in [2.75, 3.05) is 33.1 Å². The molecule has 3 N–H and O–H groups in total. The number of nitrogens with zero attached hydrogens (tertiary/aromatic N) is 2. The quantitative estimate of drug-likeness (QED) is 0.775. The summed E-state index contributed by atoms with van der Waals surface area (Å²) in [4.78, 5) is 20.4. The molecule has 0 atom stereocenters. The van der Waals surface area contributed by atoms with Gasteiger partial charge >= 0.3 is 0 Å². The maximum Gasteiger partial charge on any atom is 0.256 e. The van der Waals surface area contributed by atoms with Crippen LogP contribution < -0.4 is 15.8 Å². The number of aromatic nitrogens is 2. The molecule has 2 rings (SSSR count). The molecule has 0 fully saturated rings. The first kappa shape index (κ1) is 15.7. The lowest BCUT2D eigenvalue weighted by atomic mass is 10.2. The summed E-state index contributed by atoms with van der Waals surface area (Å²) < 4.78 is 10.1. The molecule has 0 aliphatic heterocycles. The summed E-state index contributed by atoms with van der Waals surface area (Å²) in [5.41, 5.74) is 6.81. The Morgan fingerprint density at radius 1 is 1.32 bits per heavy atom. The number of benzene rings is 1. The second-order valence-electron chi connectivity index (χ2n) is 4.44. The highest BCUT2D eigenvalue weighted by molar-refractivity contribution is 5.98. The smallest absolute Gasteiger partial charge is 0.256 e. The predicted molar refractivity (Wildman–Crippen MR) is 82.6 cm³/mol. The molecule has 0 unspecified atom stereocenters. The molecule has 1 aromatic heterocycles. The van der Waals surface area contributed by atoms with Crippen molar-refractivity contribution in [3.05, 3.63) is 36.0 Å². The Labute approximate surface area is 128 Å². The van der Waals surface area contributed by atoms with Crippen molar-refractivity contribution in [2.45, 2.75) is 0 Å². The van der Waals surface area contributed by atoms with Gasteiger partial charge in [0.1, 0.15) is 11.6 Å². The van der Waals surface area contributed by atoms with Crippen molar-refractivity contribution in [1.29, 1.82) is 0 Å². The lowest BCUT2D eigenvalue weighted by Gasteiger charge is -2.09. The number of nitrogens with two attached hydrogens (primary N) is 1. The topological polar surface area (TPSA) is 99.4 Å². The molecule has 0 radical (unpaired) electrons. The van der Waals surface area contributed by atoms with E-state index in [0.29, 0.717) is 30.3 Å². The van der Waals surface area contributed by atoms with Crippen LogP contribution in [0.5, 0.6) is 5.75 Å². The fraction of sp³-hybridized carbons (Fsp3) is 0.267. The van der Waals surface area contributed by atoms with E-state index in [9.17, 15) is 4.79 Å². The average Bonchev–Trinajstić information content (AvgIpc) is 2.54. The van der Waals surface area contributed by atoms with Crippen LogP contribution in [-0.4, -0.2) is 43.2 Å². The number of rotatable bonds is 6. The third kappa shape index (κ3) is 3.50. The van der Waals surface area contributed by atoms with Gasteiger partial charge in [0, 0.05) is 19.9 Å².